The van der Waals surface area contributed by atoms with Gasteiger partial charge in [0.05, 0.1) is 12.0 Å². The standard InChI is InChI=1S/C45H67FN2O3/c1-28(2)32-14-21-45(47-25-37(49)48-26-29-8-9-31(48)24-29)23-22-42(6)34(38(32)45)10-11-36-41(5)17-15-33(40(3,4)35(41)16-18-43(36,42)7)30-12-19-44(27-46,20-13-30)39(50)51/h12,15,29,31-32,34-36,38,47H,1,8-11,13-14,16-27H2,2-7H3,(H,50,51)/t29-,31+,32-,34+,35-,36+,38+,41-,42+,43+,44-,45-/m0/s1. The van der Waals surface area contributed by atoms with Gasteiger partial charge in [0.15, 0.2) is 0 Å². The molecule has 12 atom stereocenters. The number of hydrogen-bond acceptors (Lipinski definition) is 3. The van der Waals surface area contributed by atoms with Crippen LogP contribution in [0.15, 0.2) is 35.5 Å². The molecule has 5 nitrogen and oxygen atoms in total. The van der Waals surface area contributed by atoms with Crippen molar-refractivity contribution in [2.24, 2.45) is 62.6 Å². The molecule has 5 saturated carbocycles. The number of allylic oxidation sites excluding steroid dienone is 5. The molecule has 6 heteroatoms. The predicted molar refractivity (Wildman–Crippen MR) is 202 cm³/mol. The van der Waals surface area contributed by atoms with E-state index in [1.807, 2.05) is 0 Å². The van der Waals surface area contributed by atoms with Crippen LogP contribution in [0.5, 0.6) is 0 Å². The number of aliphatic carboxylic acids is 1. The number of likely N-dealkylation sites (tertiary alicyclic amines) is 1. The van der Waals surface area contributed by atoms with E-state index in [0.29, 0.717) is 67.3 Å². The molecule has 1 aliphatic heterocycles. The number of fused-ring (bicyclic) bond motifs is 9. The molecule has 7 aliphatic carbocycles. The van der Waals surface area contributed by atoms with Crippen molar-refractivity contribution < 1.29 is 19.1 Å². The van der Waals surface area contributed by atoms with Crippen molar-refractivity contribution in [2.45, 2.75) is 149 Å². The molecule has 51 heavy (non-hydrogen) atoms. The number of carboxylic acids is 1. The SMILES string of the molecule is C=C(C)[C@@H]1CC[C@]2(NCC(=O)N3C[C@H]4CC[C@@H]3C4)CC[C@]3(C)[C@H](CC[C@@H]4[C@@]5(C)CC=C(C6=CC[C@](CF)(C(=O)O)CC6)C(C)(C)[C@@H]5CC[C@]43C)[C@@H]12. The van der Waals surface area contributed by atoms with Crippen molar-refractivity contribution >= 4 is 11.9 Å². The second-order valence-electron chi connectivity index (χ2n) is 20.8. The van der Waals surface area contributed by atoms with E-state index in [2.05, 4.69) is 70.5 Å². The zero-order chi connectivity index (χ0) is 36.4. The van der Waals surface area contributed by atoms with E-state index in [4.69, 9.17) is 0 Å². The molecular weight excluding hydrogens is 636 g/mol. The number of amides is 1. The number of carboxylic acid groups (broad SMARTS) is 1. The van der Waals surface area contributed by atoms with E-state index in [9.17, 15) is 19.1 Å². The van der Waals surface area contributed by atoms with Crippen molar-refractivity contribution in [3.8, 4) is 0 Å². The lowest BCUT2D eigenvalue weighted by Gasteiger charge is -2.72. The van der Waals surface area contributed by atoms with Gasteiger partial charge in [0.1, 0.15) is 6.67 Å². The van der Waals surface area contributed by atoms with Crippen LogP contribution in [0.25, 0.3) is 0 Å². The minimum absolute atomic E-state index is 0.0135. The molecule has 0 spiro atoms. The minimum atomic E-state index is -1.25. The largest absolute Gasteiger partial charge is 0.481 e. The molecule has 1 amide bonds. The maximum Gasteiger partial charge on any atom is 0.312 e. The number of carbonyl (C=O) groups excluding carboxylic acids is 1. The van der Waals surface area contributed by atoms with Crippen LogP contribution in [0.1, 0.15) is 138 Å². The number of hydrogen-bond donors (Lipinski definition) is 2. The summed E-state index contributed by atoms with van der Waals surface area (Å²) in [4.78, 5) is 27.9. The molecule has 1 heterocycles. The first kappa shape index (κ1) is 36.0. The lowest BCUT2D eigenvalue weighted by molar-refractivity contribution is -0.221. The lowest BCUT2D eigenvalue weighted by Crippen LogP contribution is -2.68. The average Bonchev–Trinajstić information content (AvgIpc) is 3.83. The first-order valence-electron chi connectivity index (χ1n) is 20.9. The fourth-order valence-electron chi connectivity index (χ4n) is 15.7. The monoisotopic (exact) mass is 703 g/mol. The third-order valence-corrected chi connectivity index (χ3v) is 18.6. The van der Waals surface area contributed by atoms with Crippen LogP contribution in [0.2, 0.25) is 0 Å². The first-order chi connectivity index (χ1) is 24.1. The number of piperidine rings is 1. The quantitative estimate of drug-likeness (QED) is 0.259. The summed E-state index contributed by atoms with van der Waals surface area (Å²) in [6.07, 6.45) is 20.5. The van der Waals surface area contributed by atoms with Gasteiger partial charge in [-0.25, -0.2) is 4.39 Å². The van der Waals surface area contributed by atoms with Crippen molar-refractivity contribution in [1.82, 2.24) is 10.2 Å². The predicted octanol–water partition coefficient (Wildman–Crippen LogP) is 9.68. The summed E-state index contributed by atoms with van der Waals surface area (Å²) in [5.74, 6) is 2.96. The average molecular weight is 703 g/mol. The van der Waals surface area contributed by atoms with E-state index in [-0.39, 0.29) is 27.2 Å². The molecule has 8 aliphatic rings. The summed E-state index contributed by atoms with van der Waals surface area (Å²) >= 11 is 0. The Balaban J connectivity index is 1.06. The van der Waals surface area contributed by atoms with E-state index < -0.39 is 18.1 Å². The number of halogens is 1. The van der Waals surface area contributed by atoms with Gasteiger partial charge in [0, 0.05) is 18.1 Å². The van der Waals surface area contributed by atoms with Gasteiger partial charge in [-0.15, -0.1) is 0 Å². The molecule has 1 saturated heterocycles. The van der Waals surface area contributed by atoms with Gasteiger partial charge in [-0.3, -0.25) is 9.59 Å². The highest BCUT2D eigenvalue weighted by atomic mass is 19.1. The second-order valence-corrected chi connectivity index (χ2v) is 20.8. The summed E-state index contributed by atoms with van der Waals surface area (Å²) in [5, 5.41) is 13.9. The summed E-state index contributed by atoms with van der Waals surface area (Å²) in [7, 11) is 0. The third kappa shape index (κ3) is 4.98. The first-order valence-corrected chi connectivity index (χ1v) is 20.9. The number of nitrogens with one attached hydrogen (secondary N) is 1. The van der Waals surface area contributed by atoms with Crippen molar-refractivity contribution in [2.75, 3.05) is 19.8 Å². The zero-order valence-electron chi connectivity index (χ0n) is 32.7. The second kappa shape index (κ2) is 12.0. The third-order valence-electron chi connectivity index (χ3n) is 18.6. The highest BCUT2D eigenvalue weighted by Crippen LogP contribution is 2.76. The smallest absolute Gasteiger partial charge is 0.312 e. The van der Waals surface area contributed by atoms with E-state index in [1.165, 1.54) is 74.5 Å². The van der Waals surface area contributed by atoms with Crippen LogP contribution in [-0.2, 0) is 9.59 Å². The van der Waals surface area contributed by atoms with Crippen molar-refractivity contribution in [3.63, 3.8) is 0 Å². The summed E-state index contributed by atoms with van der Waals surface area (Å²) in [6, 6.07) is 0.485. The molecule has 0 aromatic heterocycles. The zero-order valence-corrected chi connectivity index (χ0v) is 32.7. The lowest BCUT2D eigenvalue weighted by atomic mass is 9.33. The number of rotatable bonds is 7. The molecule has 2 bridgehead atoms. The molecule has 282 valence electrons. The van der Waals surface area contributed by atoms with Gasteiger partial charge in [-0.2, -0.15) is 0 Å². The fraction of sp³-hybridized carbons (Fsp3) is 0.822. The highest BCUT2D eigenvalue weighted by Gasteiger charge is 2.70. The Labute approximate surface area is 307 Å². The maximum absolute atomic E-state index is 14.0. The minimum Gasteiger partial charge on any atom is -0.481 e. The Morgan fingerprint density at radius 1 is 0.922 bits per heavy atom. The fourth-order valence-corrected chi connectivity index (χ4v) is 15.7. The van der Waals surface area contributed by atoms with Crippen molar-refractivity contribution in [3.05, 3.63) is 35.5 Å². The molecule has 2 N–H and O–H groups in total. The van der Waals surface area contributed by atoms with Crippen LogP contribution in [0.3, 0.4) is 0 Å². The molecular formula is C45H67FN2O3. The topological polar surface area (TPSA) is 69.6 Å². The summed E-state index contributed by atoms with van der Waals surface area (Å²) in [5.41, 5.74) is 3.47. The van der Waals surface area contributed by atoms with Crippen LogP contribution in [0.4, 0.5) is 4.39 Å². The molecule has 0 aromatic rings. The van der Waals surface area contributed by atoms with Crippen LogP contribution < -0.4 is 5.32 Å². The molecule has 0 aromatic carbocycles. The van der Waals surface area contributed by atoms with E-state index in [1.54, 1.807) is 0 Å². The molecule has 0 unspecified atom stereocenters. The van der Waals surface area contributed by atoms with E-state index in [0.717, 1.165) is 31.7 Å². The normalized spacial score (nSPS) is 48.1. The number of alkyl halides is 1. The van der Waals surface area contributed by atoms with Crippen LogP contribution in [0, 0.1) is 62.6 Å². The van der Waals surface area contributed by atoms with Gasteiger partial charge >= 0.3 is 5.97 Å². The van der Waals surface area contributed by atoms with Gasteiger partial charge in [0.2, 0.25) is 5.91 Å². The molecule has 8 rings (SSSR count). The Hall–Kier alpha value is -1.95. The van der Waals surface area contributed by atoms with Gasteiger partial charge < -0.3 is 15.3 Å². The Bertz CT molecular complexity index is 1550. The van der Waals surface area contributed by atoms with Crippen LogP contribution >= 0.6 is 0 Å². The Morgan fingerprint density at radius 2 is 1.71 bits per heavy atom. The highest BCUT2D eigenvalue weighted by molar-refractivity contribution is 5.79. The Kier molecular flexibility index (Phi) is 8.50. The number of nitrogens with zero attached hydrogens (tertiary/aromatic N) is 1. The molecule has 6 fully saturated rings. The van der Waals surface area contributed by atoms with Crippen LogP contribution in [-0.4, -0.2) is 53.2 Å². The maximum atomic E-state index is 14.0. The van der Waals surface area contributed by atoms with Crippen molar-refractivity contribution in [1.29, 1.82) is 0 Å². The molecule has 0 radical (unpaired) electrons. The summed E-state index contributed by atoms with van der Waals surface area (Å²) < 4.78 is 14.0. The summed E-state index contributed by atoms with van der Waals surface area (Å²) in [6.45, 7) is 20.5. The number of carbonyl (C=O) groups is 2. The van der Waals surface area contributed by atoms with Gasteiger partial charge in [-0.1, -0.05) is 58.9 Å². The van der Waals surface area contributed by atoms with Gasteiger partial charge in [-0.05, 0) is 172 Å². The Morgan fingerprint density at radius 3 is 2.33 bits per heavy atom. The van der Waals surface area contributed by atoms with E-state index >= 15 is 0 Å². The van der Waals surface area contributed by atoms with Gasteiger partial charge in [0.25, 0.3) is 0 Å².